The highest BCUT2D eigenvalue weighted by atomic mass is 32.1. The van der Waals surface area contributed by atoms with Crippen molar-refractivity contribution in [2.45, 2.75) is 20.3 Å². The molecule has 0 atom stereocenters. The van der Waals surface area contributed by atoms with E-state index in [1.165, 1.54) is 24.5 Å². The number of carbonyl (C=O) groups is 2. The van der Waals surface area contributed by atoms with Crippen molar-refractivity contribution >= 4 is 29.3 Å². The van der Waals surface area contributed by atoms with Crippen molar-refractivity contribution < 1.29 is 14.3 Å². The number of esters is 1. The molecule has 0 spiro atoms. The molecule has 0 bridgehead atoms. The highest BCUT2D eigenvalue weighted by Gasteiger charge is 2.10. The van der Waals surface area contributed by atoms with Gasteiger partial charge in [0.15, 0.2) is 0 Å². The van der Waals surface area contributed by atoms with Crippen LogP contribution in [0.2, 0.25) is 0 Å². The summed E-state index contributed by atoms with van der Waals surface area (Å²) >= 11 is 1.54. The Balaban J connectivity index is 2.53. The van der Waals surface area contributed by atoms with E-state index in [0.717, 1.165) is 10.7 Å². The number of likely N-dealkylation sites (N-methyl/N-ethyl adjacent to an activating group) is 1. The fourth-order valence-corrected chi connectivity index (χ4v) is 2.05. The number of thiazole rings is 1. The van der Waals surface area contributed by atoms with Gasteiger partial charge in [0.25, 0.3) is 0 Å². The number of hydrogen-bond acceptors (Lipinski definition) is 5. The first-order chi connectivity index (χ1) is 9.06. The van der Waals surface area contributed by atoms with Crippen LogP contribution >= 0.6 is 11.3 Å². The number of rotatable bonds is 6. The minimum absolute atomic E-state index is 0.128. The van der Waals surface area contributed by atoms with Crippen LogP contribution in [0.3, 0.4) is 0 Å². The molecule has 0 aliphatic heterocycles. The zero-order valence-corrected chi connectivity index (χ0v) is 12.2. The van der Waals surface area contributed by atoms with Gasteiger partial charge in [0.2, 0.25) is 5.91 Å². The third-order valence-corrected chi connectivity index (χ3v) is 3.33. The predicted molar refractivity (Wildman–Crippen MR) is 74.8 cm³/mol. The molecule has 19 heavy (non-hydrogen) atoms. The summed E-state index contributed by atoms with van der Waals surface area (Å²) in [5.41, 5.74) is 0.778. The van der Waals surface area contributed by atoms with Gasteiger partial charge in [-0.05, 0) is 19.9 Å². The molecule has 1 rings (SSSR count). The van der Waals surface area contributed by atoms with Gasteiger partial charge in [-0.1, -0.05) is 0 Å². The molecule has 104 valence electrons. The molecule has 0 unspecified atom stereocenters. The second kappa shape index (κ2) is 7.68. The summed E-state index contributed by atoms with van der Waals surface area (Å²) in [6.45, 7) is 4.70. The fraction of sp³-hybridized carbons (Fsp3) is 0.462. The van der Waals surface area contributed by atoms with Gasteiger partial charge in [0, 0.05) is 24.5 Å². The van der Waals surface area contributed by atoms with Crippen molar-refractivity contribution in [3.63, 3.8) is 0 Å². The number of hydrogen-bond donors (Lipinski definition) is 0. The van der Waals surface area contributed by atoms with Crippen LogP contribution in [0.5, 0.6) is 0 Å². The standard InChI is InChI=1S/C13H18N2O3S/c1-4-15(8-7-13(17)18-3)12(16)6-5-11-9-19-10(2)14-11/h5-6,9H,4,7-8H2,1-3H3/b6-5+. The van der Waals surface area contributed by atoms with Crippen molar-refractivity contribution in [3.05, 3.63) is 22.2 Å². The van der Waals surface area contributed by atoms with Gasteiger partial charge in [0.1, 0.15) is 0 Å². The Labute approximate surface area is 116 Å². The number of methoxy groups -OCH3 is 1. The van der Waals surface area contributed by atoms with E-state index >= 15 is 0 Å². The minimum atomic E-state index is -0.314. The topological polar surface area (TPSA) is 59.5 Å². The van der Waals surface area contributed by atoms with Crippen molar-refractivity contribution in [1.82, 2.24) is 9.88 Å². The molecule has 0 aromatic carbocycles. The van der Waals surface area contributed by atoms with Gasteiger partial charge in [-0.2, -0.15) is 0 Å². The highest BCUT2D eigenvalue weighted by Crippen LogP contribution is 2.09. The molecule has 0 fully saturated rings. The monoisotopic (exact) mass is 282 g/mol. The average Bonchev–Trinajstić information content (AvgIpc) is 2.82. The average molecular weight is 282 g/mol. The summed E-state index contributed by atoms with van der Waals surface area (Å²) in [5.74, 6) is -0.442. The van der Waals surface area contributed by atoms with Crippen LogP contribution in [0.15, 0.2) is 11.5 Å². The molecule has 0 saturated carbocycles. The first-order valence-electron chi connectivity index (χ1n) is 6.02. The Morgan fingerprint density at radius 1 is 1.53 bits per heavy atom. The normalized spacial score (nSPS) is 10.7. The molecule has 1 aromatic heterocycles. The van der Waals surface area contributed by atoms with E-state index in [9.17, 15) is 9.59 Å². The number of carbonyl (C=O) groups excluding carboxylic acids is 2. The minimum Gasteiger partial charge on any atom is -0.469 e. The molecule has 0 aliphatic rings. The zero-order chi connectivity index (χ0) is 14.3. The maximum absolute atomic E-state index is 11.9. The second-order valence-corrected chi connectivity index (χ2v) is 4.93. The van der Waals surface area contributed by atoms with Gasteiger partial charge in [-0.15, -0.1) is 11.3 Å². The van der Waals surface area contributed by atoms with E-state index in [2.05, 4.69) is 9.72 Å². The van der Waals surface area contributed by atoms with Crippen molar-refractivity contribution in [1.29, 1.82) is 0 Å². The molecule has 1 heterocycles. The largest absolute Gasteiger partial charge is 0.469 e. The van der Waals surface area contributed by atoms with Gasteiger partial charge < -0.3 is 9.64 Å². The molecule has 0 saturated heterocycles. The van der Waals surface area contributed by atoms with E-state index in [4.69, 9.17) is 0 Å². The van der Waals surface area contributed by atoms with Gasteiger partial charge in [0.05, 0.1) is 24.2 Å². The van der Waals surface area contributed by atoms with E-state index in [1.54, 1.807) is 11.0 Å². The van der Waals surface area contributed by atoms with Crippen LogP contribution in [0.25, 0.3) is 6.08 Å². The van der Waals surface area contributed by atoms with E-state index in [1.807, 2.05) is 19.2 Å². The SMILES string of the molecule is CCN(CCC(=O)OC)C(=O)/C=C/c1csc(C)n1. The predicted octanol–water partition coefficient (Wildman–Crippen LogP) is 1.88. The first kappa shape index (κ1) is 15.4. The Hall–Kier alpha value is -1.69. The van der Waals surface area contributed by atoms with Crippen molar-refractivity contribution in [2.75, 3.05) is 20.2 Å². The van der Waals surface area contributed by atoms with E-state index in [0.29, 0.717) is 13.1 Å². The van der Waals surface area contributed by atoms with Gasteiger partial charge in [-0.3, -0.25) is 9.59 Å². The summed E-state index contributed by atoms with van der Waals surface area (Å²) in [4.78, 5) is 28.8. The lowest BCUT2D eigenvalue weighted by Gasteiger charge is -2.18. The summed E-state index contributed by atoms with van der Waals surface area (Å²) in [6, 6.07) is 0. The van der Waals surface area contributed by atoms with Crippen LogP contribution in [-0.4, -0.2) is 42.0 Å². The molecule has 0 N–H and O–H groups in total. The third kappa shape index (κ3) is 5.21. The third-order valence-electron chi connectivity index (χ3n) is 2.54. The van der Waals surface area contributed by atoms with Crippen LogP contribution < -0.4 is 0 Å². The fourth-order valence-electron chi connectivity index (χ4n) is 1.47. The molecule has 1 amide bonds. The molecule has 5 nitrogen and oxygen atoms in total. The molecular formula is C13H18N2O3S. The summed E-state index contributed by atoms with van der Waals surface area (Å²) in [5, 5.41) is 2.86. The highest BCUT2D eigenvalue weighted by molar-refractivity contribution is 7.09. The Bertz CT molecular complexity index is 468. The smallest absolute Gasteiger partial charge is 0.307 e. The Kier molecular flexibility index (Phi) is 6.21. The van der Waals surface area contributed by atoms with Crippen molar-refractivity contribution in [3.8, 4) is 0 Å². The lowest BCUT2D eigenvalue weighted by Crippen LogP contribution is -2.31. The van der Waals surface area contributed by atoms with Crippen molar-refractivity contribution in [2.24, 2.45) is 0 Å². The molecule has 0 radical (unpaired) electrons. The Morgan fingerprint density at radius 3 is 2.79 bits per heavy atom. The molecular weight excluding hydrogens is 264 g/mol. The zero-order valence-electron chi connectivity index (χ0n) is 11.4. The number of amides is 1. The van der Waals surface area contributed by atoms with E-state index < -0.39 is 0 Å². The maximum atomic E-state index is 11.9. The van der Waals surface area contributed by atoms with Crippen LogP contribution in [0.1, 0.15) is 24.0 Å². The number of aromatic nitrogens is 1. The summed E-state index contributed by atoms with van der Waals surface area (Å²) in [6.07, 6.45) is 3.38. The van der Waals surface area contributed by atoms with E-state index in [-0.39, 0.29) is 18.3 Å². The number of ether oxygens (including phenoxy) is 1. The first-order valence-corrected chi connectivity index (χ1v) is 6.90. The molecule has 1 aromatic rings. The molecule has 6 heteroatoms. The number of nitrogens with zero attached hydrogens (tertiary/aromatic N) is 2. The Morgan fingerprint density at radius 2 is 2.26 bits per heavy atom. The second-order valence-electron chi connectivity index (χ2n) is 3.87. The lowest BCUT2D eigenvalue weighted by atomic mass is 10.3. The quantitative estimate of drug-likeness (QED) is 0.590. The van der Waals surface area contributed by atoms with Crippen LogP contribution in [-0.2, 0) is 14.3 Å². The van der Waals surface area contributed by atoms with Crippen LogP contribution in [0, 0.1) is 6.92 Å². The number of aryl methyl sites for hydroxylation is 1. The summed E-state index contributed by atoms with van der Waals surface area (Å²) < 4.78 is 4.55. The molecule has 0 aliphatic carbocycles. The summed E-state index contributed by atoms with van der Waals surface area (Å²) in [7, 11) is 1.34. The maximum Gasteiger partial charge on any atom is 0.307 e. The van der Waals surface area contributed by atoms with Gasteiger partial charge in [-0.25, -0.2) is 4.98 Å². The van der Waals surface area contributed by atoms with Gasteiger partial charge >= 0.3 is 5.97 Å². The van der Waals surface area contributed by atoms with Crippen LogP contribution in [0.4, 0.5) is 0 Å². The lowest BCUT2D eigenvalue weighted by molar-refractivity contribution is -0.141.